The zero-order chi connectivity index (χ0) is 24.3. The highest BCUT2D eigenvalue weighted by atomic mass is 35.5. The summed E-state index contributed by atoms with van der Waals surface area (Å²) in [6, 6.07) is 20.4. The van der Waals surface area contributed by atoms with E-state index in [9.17, 15) is 14.4 Å². The number of rotatable bonds is 10. The highest BCUT2D eigenvalue weighted by molar-refractivity contribution is 6.30. The van der Waals surface area contributed by atoms with Crippen molar-refractivity contribution in [2.75, 3.05) is 25.6 Å². The fourth-order valence-electron chi connectivity index (χ4n) is 2.92. The van der Waals surface area contributed by atoms with Crippen LogP contribution in [0.4, 0.5) is 5.69 Å². The van der Waals surface area contributed by atoms with Crippen LogP contribution in [0.2, 0.25) is 5.02 Å². The molecule has 9 heteroatoms. The van der Waals surface area contributed by atoms with E-state index < -0.39 is 5.91 Å². The predicted octanol–water partition coefficient (Wildman–Crippen LogP) is 3.41. The molecule has 176 valence electrons. The zero-order valence-corrected chi connectivity index (χ0v) is 19.2. The van der Waals surface area contributed by atoms with Crippen molar-refractivity contribution < 1.29 is 23.9 Å². The van der Waals surface area contributed by atoms with Gasteiger partial charge in [0.25, 0.3) is 11.8 Å². The van der Waals surface area contributed by atoms with Crippen LogP contribution < -0.4 is 25.4 Å². The van der Waals surface area contributed by atoms with E-state index >= 15 is 0 Å². The second-order valence-corrected chi connectivity index (χ2v) is 7.58. The molecule has 0 saturated carbocycles. The van der Waals surface area contributed by atoms with Crippen molar-refractivity contribution >= 4 is 35.0 Å². The lowest BCUT2D eigenvalue weighted by molar-refractivity contribution is -0.120. The summed E-state index contributed by atoms with van der Waals surface area (Å²) in [5.41, 5.74) is 1.69. The molecule has 3 aromatic rings. The molecule has 0 radical (unpaired) electrons. The number of benzene rings is 3. The molecule has 0 saturated heterocycles. The Morgan fingerprint density at radius 3 is 2.26 bits per heavy atom. The average Bonchev–Trinajstić information content (AvgIpc) is 2.86. The van der Waals surface area contributed by atoms with Gasteiger partial charge >= 0.3 is 0 Å². The fraction of sp³-hybridized carbons (Fsp3) is 0.160. The maximum Gasteiger partial charge on any atom is 0.262 e. The van der Waals surface area contributed by atoms with E-state index in [4.69, 9.17) is 21.1 Å². The number of hydrogen-bond donors (Lipinski definition) is 3. The molecule has 3 amide bonds. The van der Waals surface area contributed by atoms with Crippen LogP contribution in [0.5, 0.6) is 11.5 Å². The summed E-state index contributed by atoms with van der Waals surface area (Å²) in [5, 5.41) is 8.59. The molecule has 0 bridgehead atoms. The molecule has 34 heavy (non-hydrogen) atoms. The lowest BCUT2D eigenvalue weighted by Crippen LogP contribution is -2.36. The second kappa shape index (κ2) is 12.3. The van der Waals surface area contributed by atoms with E-state index in [-0.39, 0.29) is 36.3 Å². The first-order valence-electron chi connectivity index (χ1n) is 10.4. The molecule has 0 fully saturated rings. The lowest BCUT2D eigenvalue weighted by Gasteiger charge is -2.12. The van der Waals surface area contributed by atoms with Crippen LogP contribution >= 0.6 is 11.6 Å². The van der Waals surface area contributed by atoms with Crippen molar-refractivity contribution in [3.8, 4) is 11.5 Å². The summed E-state index contributed by atoms with van der Waals surface area (Å²) in [5.74, 6) is -0.324. The maximum atomic E-state index is 12.6. The van der Waals surface area contributed by atoms with Gasteiger partial charge in [0.05, 0.1) is 19.2 Å². The van der Waals surface area contributed by atoms with Gasteiger partial charge in [-0.3, -0.25) is 14.4 Å². The standard InChI is InChI=1S/C25H24ClN3O5/c1-33-20-12-10-19(11-13-20)29-24(31)16-34-22-5-3-2-4-21(22)25(32)28-15-23(30)27-14-17-6-8-18(26)9-7-17/h2-13H,14-16H2,1H3,(H,27,30)(H,28,32)(H,29,31). The van der Waals surface area contributed by atoms with Crippen LogP contribution in [0.15, 0.2) is 72.8 Å². The summed E-state index contributed by atoms with van der Waals surface area (Å²) in [4.78, 5) is 36.9. The van der Waals surface area contributed by atoms with Gasteiger partial charge in [0.2, 0.25) is 5.91 Å². The molecular formula is C25H24ClN3O5. The number of ether oxygens (including phenoxy) is 2. The minimum absolute atomic E-state index is 0.210. The molecule has 0 aliphatic heterocycles. The maximum absolute atomic E-state index is 12.6. The van der Waals surface area contributed by atoms with Gasteiger partial charge in [0.1, 0.15) is 11.5 Å². The van der Waals surface area contributed by atoms with Crippen molar-refractivity contribution in [2.24, 2.45) is 0 Å². The zero-order valence-electron chi connectivity index (χ0n) is 18.5. The molecule has 0 heterocycles. The Morgan fingerprint density at radius 1 is 0.853 bits per heavy atom. The summed E-state index contributed by atoms with van der Waals surface area (Å²) >= 11 is 5.84. The number of carbonyl (C=O) groups excluding carboxylic acids is 3. The monoisotopic (exact) mass is 481 g/mol. The van der Waals surface area contributed by atoms with Crippen molar-refractivity contribution in [1.82, 2.24) is 10.6 Å². The van der Waals surface area contributed by atoms with Gasteiger partial charge in [-0.15, -0.1) is 0 Å². The number of nitrogens with one attached hydrogen (secondary N) is 3. The summed E-state index contributed by atoms with van der Waals surface area (Å²) < 4.78 is 10.6. The minimum atomic E-state index is -0.493. The van der Waals surface area contributed by atoms with Gasteiger partial charge in [-0.05, 0) is 54.1 Å². The van der Waals surface area contributed by atoms with Gasteiger partial charge in [0.15, 0.2) is 6.61 Å². The molecule has 3 aromatic carbocycles. The Balaban J connectivity index is 1.48. The largest absolute Gasteiger partial charge is 0.497 e. The van der Waals surface area contributed by atoms with Crippen LogP contribution in [0.25, 0.3) is 0 Å². The molecule has 0 atom stereocenters. The third-order valence-electron chi connectivity index (χ3n) is 4.68. The highest BCUT2D eigenvalue weighted by Gasteiger charge is 2.14. The van der Waals surface area contributed by atoms with Crippen molar-refractivity contribution in [1.29, 1.82) is 0 Å². The Labute approximate surface area is 202 Å². The van der Waals surface area contributed by atoms with E-state index in [1.54, 1.807) is 79.9 Å². The van der Waals surface area contributed by atoms with Gasteiger partial charge in [-0.25, -0.2) is 0 Å². The van der Waals surface area contributed by atoms with E-state index in [0.29, 0.717) is 23.0 Å². The predicted molar refractivity (Wildman–Crippen MR) is 129 cm³/mol. The highest BCUT2D eigenvalue weighted by Crippen LogP contribution is 2.18. The SMILES string of the molecule is COc1ccc(NC(=O)COc2ccccc2C(=O)NCC(=O)NCc2ccc(Cl)cc2)cc1. The van der Waals surface area contributed by atoms with Gasteiger partial charge in [-0.1, -0.05) is 35.9 Å². The number of para-hydroxylation sites is 1. The minimum Gasteiger partial charge on any atom is -0.497 e. The Bertz CT molecular complexity index is 1130. The normalized spacial score (nSPS) is 10.2. The number of carbonyl (C=O) groups is 3. The topological polar surface area (TPSA) is 106 Å². The number of amides is 3. The van der Waals surface area contributed by atoms with E-state index in [0.717, 1.165) is 5.56 Å². The summed E-state index contributed by atoms with van der Waals surface area (Å²) in [6.07, 6.45) is 0. The number of hydrogen-bond acceptors (Lipinski definition) is 5. The van der Waals surface area contributed by atoms with Crippen LogP contribution in [-0.2, 0) is 16.1 Å². The molecule has 3 rings (SSSR count). The molecule has 0 aliphatic carbocycles. The van der Waals surface area contributed by atoms with Gasteiger partial charge < -0.3 is 25.4 Å². The van der Waals surface area contributed by atoms with Gasteiger partial charge in [0, 0.05) is 17.3 Å². The third kappa shape index (κ3) is 7.53. The number of anilines is 1. The molecule has 0 spiro atoms. The first kappa shape index (κ1) is 24.6. The first-order valence-corrected chi connectivity index (χ1v) is 10.8. The van der Waals surface area contributed by atoms with Crippen LogP contribution in [0.1, 0.15) is 15.9 Å². The average molecular weight is 482 g/mol. The van der Waals surface area contributed by atoms with E-state index in [1.807, 2.05) is 0 Å². The lowest BCUT2D eigenvalue weighted by atomic mass is 10.2. The van der Waals surface area contributed by atoms with Gasteiger partial charge in [-0.2, -0.15) is 0 Å². The fourth-order valence-corrected chi connectivity index (χ4v) is 3.04. The van der Waals surface area contributed by atoms with Crippen molar-refractivity contribution in [3.63, 3.8) is 0 Å². The van der Waals surface area contributed by atoms with Crippen molar-refractivity contribution in [3.05, 3.63) is 88.9 Å². The van der Waals surface area contributed by atoms with Crippen LogP contribution in [-0.4, -0.2) is 38.0 Å². The number of halogens is 1. The number of methoxy groups -OCH3 is 1. The molecule has 8 nitrogen and oxygen atoms in total. The Kier molecular flexibility index (Phi) is 8.88. The molecule has 0 unspecified atom stereocenters. The first-order chi connectivity index (χ1) is 16.4. The third-order valence-corrected chi connectivity index (χ3v) is 4.93. The van der Waals surface area contributed by atoms with E-state index in [2.05, 4.69) is 16.0 Å². The van der Waals surface area contributed by atoms with E-state index in [1.165, 1.54) is 0 Å². The second-order valence-electron chi connectivity index (χ2n) is 7.15. The Morgan fingerprint density at radius 2 is 1.56 bits per heavy atom. The molecule has 3 N–H and O–H groups in total. The smallest absolute Gasteiger partial charge is 0.262 e. The molecule has 0 aliphatic rings. The van der Waals surface area contributed by atoms with Crippen LogP contribution in [0, 0.1) is 0 Å². The molecule has 0 aromatic heterocycles. The van der Waals surface area contributed by atoms with Crippen molar-refractivity contribution in [2.45, 2.75) is 6.54 Å². The molecular weight excluding hydrogens is 458 g/mol. The summed E-state index contributed by atoms with van der Waals surface area (Å²) in [7, 11) is 1.56. The Hall–Kier alpha value is -4.04. The summed E-state index contributed by atoms with van der Waals surface area (Å²) in [6.45, 7) is -0.189. The quantitative estimate of drug-likeness (QED) is 0.411. The van der Waals surface area contributed by atoms with Crippen LogP contribution in [0.3, 0.4) is 0 Å².